The molecule has 2 rings (SSSR count). The van der Waals surface area contributed by atoms with E-state index in [1.807, 2.05) is 0 Å². The number of carbonyl (C=O) groups excluding carboxylic acids is 1. The van der Waals surface area contributed by atoms with Crippen molar-refractivity contribution in [1.82, 2.24) is 10.4 Å². The fourth-order valence-electron chi connectivity index (χ4n) is 1.69. The summed E-state index contributed by atoms with van der Waals surface area (Å²) in [5.74, 6) is 0.116. The highest BCUT2D eigenvalue weighted by Gasteiger charge is 2.29. The lowest BCUT2D eigenvalue weighted by molar-refractivity contribution is -0.170. The molecular weight excluding hydrogens is 156 g/mol. The SMILES string of the molecule is O=C([C@@H]1CCCN1)N1CCCO1. The molecule has 0 radical (unpaired) electrons. The first-order valence-electron chi connectivity index (χ1n) is 4.55. The maximum atomic E-state index is 11.6. The molecule has 4 nitrogen and oxygen atoms in total. The summed E-state index contributed by atoms with van der Waals surface area (Å²) in [7, 11) is 0. The zero-order valence-electron chi connectivity index (χ0n) is 7.08. The molecule has 0 aromatic heterocycles. The van der Waals surface area contributed by atoms with E-state index >= 15 is 0 Å². The van der Waals surface area contributed by atoms with Gasteiger partial charge in [-0.05, 0) is 25.8 Å². The average Bonchev–Trinajstić information content (AvgIpc) is 2.77. The normalized spacial score (nSPS) is 29.7. The third-order valence-electron chi connectivity index (χ3n) is 2.36. The molecule has 1 atom stereocenters. The molecule has 0 aromatic carbocycles. The van der Waals surface area contributed by atoms with Crippen LogP contribution >= 0.6 is 0 Å². The van der Waals surface area contributed by atoms with E-state index in [1.54, 1.807) is 0 Å². The van der Waals surface area contributed by atoms with Gasteiger partial charge in [-0.1, -0.05) is 0 Å². The fraction of sp³-hybridized carbons (Fsp3) is 0.875. The van der Waals surface area contributed by atoms with E-state index in [9.17, 15) is 4.79 Å². The summed E-state index contributed by atoms with van der Waals surface area (Å²) in [6.07, 6.45) is 3.03. The second-order valence-electron chi connectivity index (χ2n) is 3.28. The van der Waals surface area contributed by atoms with Crippen LogP contribution in [0.1, 0.15) is 19.3 Å². The van der Waals surface area contributed by atoms with Gasteiger partial charge in [0.2, 0.25) is 0 Å². The van der Waals surface area contributed by atoms with Crippen molar-refractivity contribution in [3.8, 4) is 0 Å². The van der Waals surface area contributed by atoms with Gasteiger partial charge in [0.05, 0.1) is 19.2 Å². The second kappa shape index (κ2) is 3.41. The average molecular weight is 170 g/mol. The molecule has 68 valence electrons. The third kappa shape index (κ3) is 1.44. The van der Waals surface area contributed by atoms with Crippen molar-refractivity contribution in [3.63, 3.8) is 0 Å². The smallest absolute Gasteiger partial charge is 0.263 e. The molecular formula is C8H14N2O2. The van der Waals surface area contributed by atoms with Crippen molar-refractivity contribution >= 4 is 5.91 Å². The number of hydrogen-bond donors (Lipinski definition) is 1. The monoisotopic (exact) mass is 170 g/mol. The van der Waals surface area contributed by atoms with E-state index in [0.717, 1.165) is 32.4 Å². The molecule has 12 heavy (non-hydrogen) atoms. The lowest BCUT2D eigenvalue weighted by Crippen LogP contribution is -2.41. The Morgan fingerprint density at radius 3 is 3.00 bits per heavy atom. The molecule has 0 unspecified atom stereocenters. The van der Waals surface area contributed by atoms with Gasteiger partial charge in [-0.3, -0.25) is 9.63 Å². The van der Waals surface area contributed by atoms with Gasteiger partial charge in [-0.25, -0.2) is 5.06 Å². The molecule has 2 saturated heterocycles. The summed E-state index contributed by atoms with van der Waals surface area (Å²) in [6.45, 7) is 2.42. The van der Waals surface area contributed by atoms with Crippen molar-refractivity contribution in [2.45, 2.75) is 25.3 Å². The quantitative estimate of drug-likeness (QED) is 0.597. The first-order valence-corrected chi connectivity index (χ1v) is 4.55. The molecule has 2 aliphatic rings. The largest absolute Gasteiger partial charge is 0.306 e. The van der Waals surface area contributed by atoms with Crippen LogP contribution in [-0.4, -0.2) is 36.7 Å². The first kappa shape index (κ1) is 8.01. The van der Waals surface area contributed by atoms with Gasteiger partial charge in [0, 0.05) is 0 Å². The fourth-order valence-corrected chi connectivity index (χ4v) is 1.69. The zero-order chi connectivity index (χ0) is 8.39. The summed E-state index contributed by atoms with van der Waals surface area (Å²) in [4.78, 5) is 16.8. The highest BCUT2D eigenvalue weighted by atomic mass is 16.7. The number of hydroxylamine groups is 2. The van der Waals surface area contributed by atoms with Crippen LogP contribution in [-0.2, 0) is 9.63 Å². The highest BCUT2D eigenvalue weighted by Crippen LogP contribution is 2.12. The molecule has 2 heterocycles. The summed E-state index contributed by atoms with van der Waals surface area (Å²) in [5, 5.41) is 4.66. The van der Waals surface area contributed by atoms with E-state index < -0.39 is 0 Å². The van der Waals surface area contributed by atoms with Crippen LogP contribution in [0.15, 0.2) is 0 Å². The molecule has 0 aromatic rings. The minimum Gasteiger partial charge on any atom is -0.306 e. The Morgan fingerprint density at radius 1 is 1.50 bits per heavy atom. The van der Waals surface area contributed by atoms with Crippen LogP contribution in [0.25, 0.3) is 0 Å². The second-order valence-corrected chi connectivity index (χ2v) is 3.28. The third-order valence-corrected chi connectivity index (χ3v) is 2.36. The van der Waals surface area contributed by atoms with Crippen LogP contribution in [0.5, 0.6) is 0 Å². The number of carbonyl (C=O) groups is 1. The molecule has 0 spiro atoms. The predicted molar refractivity (Wildman–Crippen MR) is 43.3 cm³/mol. The molecule has 0 aliphatic carbocycles. The highest BCUT2D eigenvalue weighted by molar-refractivity contribution is 5.81. The maximum absolute atomic E-state index is 11.6. The molecule has 1 amide bonds. The van der Waals surface area contributed by atoms with Gasteiger partial charge in [0.25, 0.3) is 5.91 Å². The predicted octanol–water partition coefficient (Wildman–Crippen LogP) is -0.0977. The van der Waals surface area contributed by atoms with Crippen LogP contribution in [0.3, 0.4) is 0 Å². The van der Waals surface area contributed by atoms with Crippen LogP contribution in [0.4, 0.5) is 0 Å². The van der Waals surface area contributed by atoms with E-state index in [4.69, 9.17) is 4.84 Å². The number of rotatable bonds is 1. The minimum atomic E-state index is 0.0168. The van der Waals surface area contributed by atoms with E-state index in [-0.39, 0.29) is 11.9 Å². The van der Waals surface area contributed by atoms with Crippen molar-refractivity contribution in [3.05, 3.63) is 0 Å². The van der Waals surface area contributed by atoms with Gasteiger partial charge in [-0.15, -0.1) is 0 Å². The number of nitrogens with one attached hydrogen (secondary N) is 1. The van der Waals surface area contributed by atoms with Crippen LogP contribution in [0.2, 0.25) is 0 Å². The molecule has 2 aliphatic heterocycles. The number of hydrogen-bond acceptors (Lipinski definition) is 3. The van der Waals surface area contributed by atoms with Gasteiger partial charge in [-0.2, -0.15) is 0 Å². The van der Waals surface area contributed by atoms with E-state index in [2.05, 4.69) is 5.32 Å². The van der Waals surface area contributed by atoms with Crippen molar-refractivity contribution in [2.24, 2.45) is 0 Å². The van der Waals surface area contributed by atoms with Gasteiger partial charge in [0.15, 0.2) is 0 Å². The topological polar surface area (TPSA) is 41.6 Å². The maximum Gasteiger partial charge on any atom is 0.263 e. The molecule has 1 N–H and O–H groups in total. The lowest BCUT2D eigenvalue weighted by atomic mass is 10.2. The Kier molecular flexibility index (Phi) is 2.28. The Labute approximate surface area is 71.8 Å². The molecule has 0 saturated carbocycles. The first-order chi connectivity index (χ1) is 5.88. The summed E-state index contributed by atoms with van der Waals surface area (Å²) >= 11 is 0. The van der Waals surface area contributed by atoms with Crippen LogP contribution < -0.4 is 5.32 Å². The van der Waals surface area contributed by atoms with Crippen molar-refractivity contribution < 1.29 is 9.63 Å². The van der Waals surface area contributed by atoms with Gasteiger partial charge < -0.3 is 5.32 Å². The van der Waals surface area contributed by atoms with Crippen LogP contribution in [0, 0.1) is 0 Å². The van der Waals surface area contributed by atoms with Crippen molar-refractivity contribution in [2.75, 3.05) is 19.7 Å². The number of amides is 1. The lowest BCUT2D eigenvalue weighted by Gasteiger charge is -2.17. The summed E-state index contributed by atoms with van der Waals surface area (Å²) in [5.41, 5.74) is 0. The Balaban J connectivity index is 1.89. The Bertz CT molecular complexity index is 154. The van der Waals surface area contributed by atoms with E-state index in [1.165, 1.54) is 5.06 Å². The molecule has 0 bridgehead atoms. The summed E-state index contributed by atoms with van der Waals surface area (Å²) < 4.78 is 0. The minimum absolute atomic E-state index is 0.0168. The number of nitrogens with zero attached hydrogens (tertiary/aromatic N) is 1. The summed E-state index contributed by atoms with van der Waals surface area (Å²) in [6, 6.07) is 0.0168. The Hall–Kier alpha value is -0.610. The standard InChI is InChI=1S/C8H14N2O2/c11-8(7-3-1-4-9-7)10-5-2-6-12-10/h7,9H,1-6H2/t7-/m0/s1. The van der Waals surface area contributed by atoms with Gasteiger partial charge in [0.1, 0.15) is 0 Å². The Morgan fingerprint density at radius 2 is 2.42 bits per heavy atom. The van der Waals surface area contributed by atoms with Gasteiger partial charge >= 0.3 is 0 Å². The van der Waals surface area contributed by atoms with Crippen molar-refractivity contribution in [1.29, 1.82) is 0 Å². The molecule has 4 heteroatoms. The van der Waals surface area contributed by atoms with E-state index in [0.29, 0.717) is 6.61 Å². The zero-order valence-corrected chi connectivity index (χ0v) is 7.08. The molecule has 2 fully saturated rings.